The summed E-state index contributed by atoms with van der Waals surface area (Å²) in [5.41, 5.74) is -0.109. The normalized spacial score (nSPS) is 27.9. The predicted molar refractivity (Wildman–Crippen MR) is 77.2 cm³/mol. The number of nitrogens with one attached hydrogen (secondary N) is 1. The maximum Gasteiger partial charge on any atom is 0.269 e. The lowest BCUT2D eigenvalue weighted by atomic mass is 9.89. The van der Waals surface area contributed by atoms with Gasteiger partial charge in [0.05, 0.1) is 9.82 Å². The van der Waals surface area contributed by atoms with Crippen molar-refractivity contribution in [3.05, 3.63) is 34.4 Å². The van der Waals surface area contributed by atoms with Crippen molar-refractivity contribution in [3.8, 4) is 0 Å². The average Bonchev–Trinajstić information content (AvgIpc) is 3.08. The van der Waals surface area contributed by atoms with Gasteiger partial charge in [-0.1, -0.05) is 6.42 Å². The zero-order chi connectivity index (χ0) is 15.0. The summed E-state index contributed by atoms with van der Waals surface area (Å²) in [5, 5.41) is 10.6. The third-order valence-electron chi connectivity index (χ3n) is 4.78. The first-order valence-corrected chi connectivity index (χ1v) is 8.68. The molecule has 2 bridgehead atoms. The zero-order valence-corrected chi connectivity index (χ0v) is 12.4. The number of nitro groups is 1. The summed E-state index contributed by atoms with van der Waals surface area (Å²) >= 11 is 0. The minimum atomic E-state index is -3.58. The molecule has 7 heteroatoms. The molecule has 2 fully saturated rings. The molecule has 1 N–H and O–H groups in total. The third-order valence-corrected chi connectivity index (χ3v) is 6.22. The van der Waals surface area contributed by atoms with E-state index in [-0.39, 0.29) is 10.6 Å². The first-order chi connectivity index (χ1) is 9.95. The summed E-state index contributed by atoms with van der Waals surface area (Å²) in [4.78, 5) is 10.1. The quantitative estimate of drug-likeness (QED) is 0.667. The molecule has 0 saturated heterocycles. The molecule has 114 valence electrons. The number of nitro benzene ring substituents is 1. The van der Waals surface area contributed by atoms with Crippen LogP contribution in [0.4, 0.5) is 5.69 Å². The van der Waals surface area contributed by atoms with E-state index < -0.39 is 14.9 Å². The van der Waals surface area contributed by atoms with Crippen LogP contribution in [0, 0.1) is 27.9 Å². The number of hydrogen-bond donors (Lipinski definition) is 1. The van der Waals surface area contributed by atoms with Crippen LogP contribution in [-0.4, -0.2) is 19.9 Å². The van der Waals surface area contributed by atoms with Gasteiger partial charge in [-0.05, 0) is 49.1 Å². The van der Waals surface area contributed by atoms with Crippen molar-refractivity contribution in [3.63, 3.8) is 0 Å². The zero-order valence-electron chi connectivity index (χ0n) is 11.6. The van der Waals surface area contributed by atoms with Crippen molar-refractivity contribution in [2.75, 3.05) is 6.54 Å². The lowest BCUT2D eigenvalue weighted by Crippen LogP contribution is -2.31. The van der Waals surface area contributed by atoms with E-state index in [0.29, 0.717) is 18.4 Å². The van der Waals surface area contributed by atoms with E-state index in [1.54, 1.807) is 0 Å². The van der Waals surface area contributed by atoms with E-state index >= 15 is 0 Å². The van der Waals surface area contributed by atoms with Gasteiger partial charge in [-0.2, -0.15) is 0 Å². The standard InChI is InChI=1S/C14H18N2O4S/c17-16(18)13-3-5-14(6-4-13)21(19,20)15-9-12-8-10-1-2-11(12)7-10/h3-6,10-12,15H,1-2,7-9H2/t10-,11-,12-/m0/s1. The van der Waals surface area contributed by atoms with E-state index in [1.165, 1.54) is 43.5 Å². The third kappa shape index (κ3) is 2.94. The van der Waals surface area contributed by atoms with Crippen LogP contribution in [0.3, 0.4) is 0 Å². The summed E-state index contributed by atoms with van der Waals surface area (Å²) in [6.07, 6.45) is 4.86. The molecule has 0 heterocycles. The lowest BCUT2D eigenvalue weighted by Gasteiger charge is -2.21. The molecule has 6 nitrogen and oxygen atoms in total. The summed E-state index contributed by atoms with van der Waals surface area (Å²) in [6.45, 7) is 0.473. The van der Waals surface area contributed by atoms with Gasteiger partial charge < -0.3 is 0 Å². The maximum absolute atomic E-state index is 12.2. The Bertz CT molecular complexity index is 641. The molecule has 0 aliphatic heterocycles. The fraction of sp³-hybridized carbons (Fsp3) is 0.571. The number of benzene rings is 1. The smallest absolute Gasteiger partial charge is 0.258 e. The molecule has 2 saturated carbocycles. The van der Waals surface area contributed by atoms with E-state index in [1.807, 2.05) is 0 Å². The molecule has 0 unspecified atom stereocenters. The first kappa shape index (κ1) is 14.5. The Labute approximate surface area is 123 Å². The topological polar surface area (TPSA) is 89.3 Å². The first-order valence-electron chi connectivity index (χ1n) is 7.20. The van der Waals surface area contributed by atoms with Crippen molar-refractivity contribution in [2.45, 2.75) is 30.6 Å². The second kappa shape index (κ2) is 5.38. The Kier molecular flexibility index (Phi) is 3.71. The van der Waals surface area contributed by atoms with Crippen LogP contribution in [0.5, 0.6) is 0 Å². The average molecular weight is 310 g/mol. The van der Waals surface area contributed by atoms with Crippen LogP contribution in [0.15, 0.2) is 29.2 Å². The van der Waals surface area contributed by atoms with Gasteiger partial charge in [0.25, 0.3) is 5.69 Å². The number of hydrogen-bond acceptors (Lipinski definition) is 4. The van der Waals surface area contributed by atoms with Gasteiger partial charge in [-0.15, -0.1) is 0 Å². The number of non-ortho nitro benzene ring substituents is 1. The van der Waals surface area contributed by atoms with Gasteiger partial charge >= 0.3 is 0 Å². The molecule has 3 rings (SSSR count). The molecule has 1 aromatic rings. The van der Waals surface area contributed by atoms with Crippen molar-refractivity contribution < 1.29 is 13.3 Å². The highest BCUT2D eigenvalue weighted by Crippen LogP contribution is 2.48. The monoisotopic (exact) mass is 310 g/mol. The minimum absolute atomic E-state index is 0.0799. The Morgan fingerprint density at radius 3 is 2.43 bits per heavy atom. The van der Waals surface area contributed by atoms with Crippen LogP contribution in [0.1, 0.15) is 25.7 Å². The summed E-state index contributed by atoms with van der Waals surface area (Å²) in [5.74, 6) is 1.88. The lowest BCUT2D eigenvalue weighted by molar-refractivity contribution is -0.384. The molecule has 0 spiro atoms. The molecule has 0 radical (unpaired) electrons. The number of fused-ring (bicyclic) bond motifs is 2. The van der Waals surface area contributed by atoms with E-state index in [4.69, 9.17) is 0 Å². The van der Waals surface area contributed by atoms with Crippen molar-refractivity contribution in [2.24, 2.45) is 17.8 Å². The van der Waals surface area contributed by atoms with Gasteiger partial charge in [-0.25, -0.2) is 13.1 Å². The maximum atomic E-state index is 12.2. The molecular formula is C14H18N2O4S. The SMILES string of the molecule is O=[N+]([O-])c1ccc(S(=O)(=O)NC[C@@H]2C[C@H]3CC[C@H]2C3)cc1. The largest absolute Gasteiger partial charge is 0.269 e. The van der Waals surface area contributed by atoms with Crippen molar-refractivity contribution in [1.82, 2.24) is 4.72 Å². The summed E-state index contributed by atoms with van der Waals surface area (Å²) in [7, 11) is -3.58. The Balaban J connectivity index is 1.65. The fourth-order valence-corrected chi connectivity index (χ4v) is 4.77. The van der Waals surface area contributed by atoms with Crippen LogP contribution >= 0.6 is 0 Å². The van der Waals surface area contributed by atoms with E-state index in [2.05, 4.69) is 4.72 Å². The van der Waals surface area contributed by atoms with Crippen LogP contribution < -0.4 is 4.72 Å². The van der Waals surface area contributed by atoms with Gasteiger partial charge in [0.15, 0.2) is 0 Å². The molecule has 3 atom stereocenters. The van der Waals surface area contributed by atoms with Crippen molar-refractivity contribution in [1.29, 1.82) is 0 Å². The van der Waals surface area contributed by atoms with Gasteiger partial charge in [-0.3, -0.25) is 10.1 Å². The molecule has 1 aromatic carbocycles. The minimum Gasteiger partial charge on any atom is -0.258 e. The Morgan fingerprint density at radius 1 is 1.19 bits per heavy atom. The van der Waals surface area contributed by atoms with Gasteiger partial charge in [0, 0.05) is 18.7 Å². The highest BCUT2D eigenvalue weighted by atomic mass is 32.2. The molecule has 2 aliphatic rings. The van der Waals surface area contributed by atoms with E-state index in [0.717, 1.165) is 12.3 Å². The van der Waals surface area contributed by atoms with Gasteiger partial charge in [0.1, 0.15) is 0 Å². The Morgan fingerprint density at radius 2 is 1.90 bits per heavy atom. The molecule has 2 aliphatic carbocycles. The molecule has 21 heavy (non-hydrogen) atoms. The molecular weight excluding hydrogens is 292 g/mol. The van der Waals surface area contributed by atoms with Crippen LogP contribution in [0.25, 0.3) is 0 Å². The number of rotatable bonds is 5. The van der Waals surface area contributed by atoms with Crippen LogP contribution in [0.2, 0.25) is 0 Å². The number of nitrogens with zero attached hydrogens (tertiary/aromatic N) is 1. The number of sulfonamides is 1. The highest BCUT2D eigenvalue weighted by Gasteiger charge is 2.39. The van der Waals surface area contributed by atoms with Gasteiger partial charge in [0.2, 0.25) is 10.0 Å². The Hall–Kier alpha value is -1.47. The second-order valence-electron chi connectivity index (χ2n) is 6.04. The summed E-state index contributed by atoms with van der Waals surface area (Å²) < 4.78 is 27.0. The molecule has 0 amide bonds. The highest BCUT2D eigenvalue weighted by molar-refractivity contribution is 7.89. The second-order valence-corrected chi connectivity index (χ2v) is 7.80. The fourth-order valence-electron chi connectivity index (χ4n) is 3.67. The predicted octanol–water partition coefficient (Wildman–Crippen LogP) is 2.31. The molecule has 0 aromatic heterocycles. The van der Waals surface area contributed by atoms with E-state index in [9.17, 15) is 18.5 Å². The van der Waals surface area contributed by atoms with Crippen LogP contribution in [-0.2, 0) is 10.0 Å². The summed E-state index contributed by atoms with van der Waals surface area (Å²) in [6, 6.07) is 4.99. The van der Waals surface area contributed by atoms with Crippen molar-refractivity contribution >= 4 is 15.7 Å².